The molecular weight excluding hydrogens is 327 g/mol. The lowest BCUT2D eigenvalue weighted by molar-refractivity contribution is -0.122. The number of benzene rings is 2. The number of carbonyl (C=O) groups excluding carboxylic acids is 2. The van der Waals surface area contributed by atoms with Crippen molar-refractivity contribution in [2.75, 3.05) is 4.90 Å². The molecule has 0 saturated carbocycles. The average Bonchev–Trinajstić information content (AvgIpc) is 2.53. The Morgan fingerprint density at radius 1 is 1.12 bits per heavy atom. The van der Waals surface area contributed by atoms with Crippen molar-refractivity contribution in [3.05, 3.63) is 71.0 Å². The van der Waals surface area contributed by atoms with Crippen LogP contribution >= 0.6 is 12.2 Å². The quantitative estimate of drug-likeness (QED) is 0.519. The average molecular weight is 340 g/mol. The maximum absolute atomic E-state index is 13.1. The van der Waals surface area contributed by atoms with Crippen LogP contribution < -0.4 is 10.2 Å². The molecule has 1 aliphatic rings. The highest BCUT2D eigenvalue weighted by atomic mass is 32.1. The fourth-order valence-corrected chi connectivity index (χ4v) is 2.69. The van der Waals surface area contributed by atoms with Crippen molar-refractivity contribution in [1.29, 1.82) is 0 Å². The smallest absolute Gasteiger partial charge is 0.270 e. The number of nitrogens with zero attached hydrogens (tertiary/aromatic N) is 1. The van der Waals surface area contributed by atoms with Crippen LogP contribution in [0.1, 0.15) is 11.1 Å². The minimum Gasteiger partial charge on any atom is -0.298 e. The number of aryl methyl sites for hydroxylation is 1. The summed E-state index contributed by atoms with van der Waals surface area (Å²) in [6.07, 6.45) is 1.52. The van der Waals surface area contributed by atoms with Gasteiger partial charge >= 0.3 is 0 Å². The molecule has 0 spiro atoms. The maximum Gasteiger partial charge on any atom is 0.270 e. The Bertz CT molecular complexity index is 875. The molecule has 2 amide bonds. The number of halogens is 1. The molecule has 0 aromatic heterocycles. The van der Waals surface area contributed by atoms with E-state index in [-0.39, 0.29) is 10.7 Å². The van der Waals surface area contributed by atoms with E-state index in [1.165, 1.54) is 35.2 Å². The Hall–Kier alpha value is -2.86. The second kappa shape index (κ2) is 6.33. The van der Waals surface area contributed by atoms with E-state index in [2.05, 4.69) is 5.32 Å². The summed E-state index contributed by atoms with van der Waals surface area (Å²) in [5.74, 6) is -1.52. The monoisotopic (exact) mass is 340 g/mol. The number of hydrogen-bond donors (Lipinski definition) is 1. The molecule has 6 heteroatoms. The predicted molar refractivity (Wildman–Crippen MR) is 93.8 cm³/mol. The molecule has 3 rings (SSSR count). The fraction of sp³-hybridized carbons (Fsp3) is 0.0556. The van der Waals surface area contributed by atoms with E-state index in [0.29, 0.717) is 5.69 Å². The highest BCUT2D eigenvalue weighted by molar-refractivity contribution is 7.80. The third kappa shape index (κ3) is 3.09. The summed E-state index contributed by atoms with van der Waals surface area (Å²) in [7, 11) is 0. The molecule has 24 heavy (non-hydrogen) atoms. The van der Waals surface area contributed by atoms with Crippen molar-refractivity contribution >= 4 is 40.9 Å². The zero-order chi connectivity index (χ0) is 17.3. The molecule has 0 bridgehead atoms. The predicted octanol–water partition coefficient (Wildman–Crippen LogP) is 2.97. The molecule has 1 N–H and O–H groups in total. The number of hydrogen-bond acceptors (Lipinski definition) is 3. The highest BCUT2D eigenvalue weighted by Gasteiger charge is 2.34. The first-order valence-electron chi connectivity index (χ1n) is 7.19. The Kier molecular flexibility index (Phi) is 4.22. The van der Waals surface area contributed by atoms with E-state index in [4.69, 9.17) is 12.2 Å². The number of anilines is 1. The van der Waals surface area contributed by atoms with E-state index in [1.807, 2.05) is 25.1 Å². The third-order valence-electron chi connectivity index (χ3n) is 3.54. The van der Waals surface area contributed by atoms with Crippen molar-refractivity contribution < 1.29 is 14.0 Å². The number of amides is 2. The highest BCUT2D eigenvalue weighted by Crippen LogP contribution is 2.22. The molecule has 2 aromatic carbocycles. The standard InChI is InChI=1S/C18H13FN2O2S/c1-11-3-2-4-12(9-11)10-15-16(22)20-18(24)21(17(15)23)14-7-5-13(19)6-8-14/h2-10H,1H3,(H,20,22,24)/b15-10-. The van der Waals surface area contributed by atoms with Crippen LogP contribution in [0.3, 0.4) is 0 Å². The van der Waals surface area contributed by atoms with E-state index < -0.39 is 17.6 Å². The number of thiocarbonyl (C=S) groups is 1. The maximum atomic E-state index is 13.1. The lowest BCUT2D eigenvalue weighted by Gasteiger charge is -2.28. The van der Waals surface area contributed by atoms with Gasteiger partial charge in [0.2, 0.25) is 0 Å². The van der Waals surface area contributed by atoms with Crippen molar-refractivity contribution in [1.82, 2.24) is 5.32 Å². The first kappa shape index (κ1) is 16.0. The Morgan fingerprint density at radius 3 is 2.50 bits per heavy atom. The van der Waals surface area contributed by atoms with Crippen LogP contribution in [0.4, 0.5) is 10.1 Å². The zero-order valence-corrected chi connectivity index (χ0v) is 13.6. The molecule has 0 unspecified atom stereocenters. The van der Waals surface area contributed by atoms with Gasteiger partial charge < -0.3 is 0 Å². The molecule has 1 aliphatic heterocycles. The van der Waals surface area contributed by atoms with Crippen molar-refractivity contribution in [3.63, 3.8) is 0 Å². The summed E-state index contributed by atoms with van der Waals surface area (Å²) >= 11 is 5.09. The Balaban J connectivity index is 2.01. The molecule has 4 nitrogen and oxygen atoms in total. The van der Waals surface area contributed by atoms with E-state index in [1.54, 1.807) is 6.07 Å². The topological polar surface area (TPSA) is 49.4 Å². The van der Waals surface area contributed by atoms with Gasteiger partial charge in [0, 0.05) is 0 Å². The molecule has 2 aromatic rings. The van der Waals surface area contributed by atoms with Crippen LogP contribution in [0.15, 0.2) is 54.1 Å². The van der Waals surface area contributed by atoms with Crippen molar-refractivity contribution in [2.24, 2.45) is 0 Å². The Morgan fingerprint density at radius 2 is 1.83 bits per heavy atom. The van der Waals surface area contributed by atoms with Crippen LogP contribution in [-0.4, -0.2) is 16.9 Å². The Labute approximate surface area is 143 Å². The van der Waals surface area contributed by atoms with Crippen LogP contribution in [0.5, 0.6) is 0 Å². The zero-order valence-electron chi connectivity index (χ0n) is 12.7. The van der Waals surface area contributed by atoms with Gasteiger partial charge in [-0.2, -0.15) is 0 Å². The summed E-state index contributed by atoms with van der Waals surface area (Å²) in [6.45, 7) is 1.92. The van der Waals surface area contributed by atoms with E-state index in [0.717, 1.165) is 11.1 Å². The van der Waals surface area contributed by atoms with Gasteiger partial charge in [0.05, 0.1) is 5.69 Å². The van der Waals surface area contributed by atoms with Crippen LogP contribution in [-0.2, 0) is 9.59 Å². The van der Waals surface area contributed by atoms with Crippen LogP contribution in [0.2, 0.25) is 0 Å². The van der Waals surface area contributed by atoms with Gasteiger partial charge in [-0.05, 0) is 55.0 Å². The van der Waals surface area contributed by atoms with E-state index in [9.17, 15) is 14.0 Å². The normalized spacial score (nSPS) is 16.5. The molecule has 1 fully saturated rings. The third-order valence-corrected chi connectivity index (χ3v) is 3.82. The van der Waals surface area contributed by atoms with Crippen molar-refractivity contribution in [2.45, 2.75) is 6.92 Å². The SMILES string of the molecule is Cc1cccc(/C=C2/C(=O)NC(=S)N(c3ccc(F)cc3)C2=O)c1. The van der Waals surface area contributed by atoms with Gasteiger partial charge in [-0.25, -0.2) is 4.39 Å². The fourth-order valence-electron chi connectivity index (χ4n) is 2.41. The minimum atomic E-state index is -0.551. The molecular formula is C18H13FN2O2S. The summed E-state index contributed by atoms with van der Waals surface area (Å²) < 4.78 is 13.1. The summed E-state index contributed by atoms with van der Waals surface area (Å²) in [5.41, 5.74) is 2.11. The van der Waals surface area contributed by atoms with Gasteiger partial charge in [0.25, 0.3) is 11.8 Å². The minimum absolute atomic E-state index is 0.0291. The number of nitrogens with one attached hydrogen (secondary N) is 1. The van der Waals surface area contributed by atoms with Crippen LogP contribution in [0, 0.1) is 12.7 Å². The van der Waals surface area contributed by atoms with Gasteiger partial charge in [-0.1, -0.05) is 29.8 Å². The first-order valence-corrected chi connectivity index (χ1v) is 7.60. The first-order chi connectivity index (χ1) is 11.5. The summed E-state index contributed by atoms with van der Waals surface area (Å²) in [6, 6.07) is 12.7. The lowest BCUT2D eigenvalue weighted by Crippen LogP contribution is -2.54. The van der Waals surface area contributed by atoms with Gasteiger partial charge in [-0.15, -0.1) is 0 Å². The molecule has 120 valence electrons. The molecule has 1 saturated heterocycles. The summed E-state index contributed by atoms with van der Waals surface area (Å²) in [5, 5.41) is 2.46. The molecule has 0 atom stereocenters. The second-order valence-electron chi connectivity index (χ2n) is 5.35. The summed E-state index contributed by atoms with van der Waals surface area (Å²) in [4.78, 5) is 26.1. The lowest BCUT2D eigenvalue weighted by atomic mass is 10.1. The second-order valence-corrected chi connectivity index (χ2v) is 5.74. The van der Waals surface area contributed by atoms with Gasteiger partial charge in [0.15, 0.2) is 5.11 Å². The van der Waals surface area contributed by atoms with Gasteiger partial charge in [-0.3, -0.25) is 19.8 Å². The molecule has 0 radical (unpaired) electrons. The number of rotatable bonds is 2. The van der Waals surface area contributed by atoms with E-state index >= 15 is 0 Å². The molecule has 0 aliphatic carbocycles. The largest absolute Gasteiger partial charge is 0.298 e. The van der Waals surface area contributed by atoms with Crippen LogP contribution in [0.25, 0.3) is 6.08 Å². The number of carbonyl (C=O) groups is 2. The van der Waals surface area contributed by atoms with Gasteiger partial charge in [0.1, 0.15) is 11.4 Å². The molecule has 1 heterocycles. The van der Waals surface area contributed by atoms with Crippen molar-refractivity contribution in [3.8, 4) is 0 Å².